The first-order valence-corrected chi connectivity index (χ1v) is 7.84. The minimum atomic E-state index is -3.46. The molecule has 19 heavy (non-hydrogen) atoms. The number of sulfonamides is 1. The third-order valence-corrected chi connectivity index (χ3v) is 5.07. The van der Waals surface area contributed by atoms with E-state index in [1.165, 1.54) is 11.4 Å². The van der Waals surface area contributed by atoms with Crippen molar-refractivity contribution in [2.75, 3.05) is 26.8 Å². The Labute approximate surface area is 114 Å². The van der Waals surface area contributed by atoms with Gasteiger partial charge in [-0.05, 0) is 31.9 Å². The number of hydrogen-bond donors (Lipinski definition) is 0. The molecule has 6 heteroatoms. The molecule has 1 saturated heterocycles. The van der Waals surface area contributed by atoms with Crippen LogP contribution in [0, 0.1) is 0 Å². The normalized spacial score (nSPS) is 16.5. The van der Waals surface area contributed by atoms with E-state index in [4.69, 9.17) is 9.47 Å². The van der Waals surface area contributed by atoms with Crippen LogP contribution in [0.25, 0.3) is 0 Å². The summed E-state index contributed by atoms with van der Waals surface area (Å²) in [4.78, 5) is 0.209. The number of benzene rings is 1. The van der Waals surface area contributed by atoms with Gasteiger partial charge < -0.3 is 9.47 Å². The molecular formula is C13H19NO4S. The molecule has 0 bridgehead atoms. The van der Waals surface area contributed by atoms with Crippen LogP contribution >= 0.6 is 0 Å². The van der Waals surface area contributed by atoms with Gasteiger partial charge in [-0.1, -0.05) is 0 Å². The van der Waals surface area contributed by atoms with E-state index in [-0.39, 0.29) is 4.90 Å². The predicted octanol–water partition coefficient (Wildman–Crippen LogP) is 1.88. The predicted molar refractivity (Wildman–Crippen MR) is 72.2 cm³/mol. The van der Waals surface area contributed by atoms with Crippen LogP contribution in [0.1, 0.15) is 19.8 Å². The van der Waals surface area contributed by atoms with Crippen LogP contribution in [0.2, 0.25) is 0 Å². The Hall–Kier alpha value is -1.27. The van der Waals surface area contributed by atoms with Crippen LogP contribution in [-0.2, 0) is 10.0 Å². The van der Waals surface area contributed by atoms with Crippen LogP contribution in [0.5, 0.6) is 11.5 Å². The summed E-state index contributed by atoms with van der Waals surface area (Å²) >= 11 is 0. The van der Waals surface area contributed by atoms with Crippen molar-refractivity contribution in [3.63, 3.8) is 0 Å². The first kappa shape index (κ1) is 14.1. The molecular weight excluding hydrogens is 266 g/mol. The van der Waals surface area contributed by atoms with Crippen LogP contribution in [0.3, 0.4) is 0 Å². The lowest BCUT2D eigenvalue weighted by Gasteiger charge is -2.18. The Bertz CT molecular complexity index is 536. The smallest absolute Gasteiger partial charge is 0.246 e. The highest BCUT2D eigenvalue weighted by atomic mass is 32.2. The molecule has 1 aliphatic rings. The molecule has 0 N–H and O–H groups in total. The highest BCUT2D eigenvalue weighted by molar-refractivity contribution is 7.89. The molecule has 106 valence electrons. The van der Waals surface area contributed by atoms with Gasteiger partial charge in [-0.3, -0.25) is 0 Å². The summed E-state index contributed by atoms with van der Waals surface area (Å²) in [5.41, 5.74) is 0. The summed E-state index contributed by atoms with van der Waals surface area (Å²) in [6.45, 7) is 3.57. The average Bonchev–Trinajstić information content (AvgIpc) is 2.93. The summed E-state index contributed by atoms with van der Waals surface area (Å²) in [5.74, 6) is 0.942. The lowest BCUT2D eigenvalue weighted by Crippen LogP contribution is -2.28. The maximum atomic E-state index is 12.5. The topological polar surface area (TPSA) is 55.8 Å². The fourth-order valence-corrected chi connectivity index (χ4v) is 3.84. The molecule has 0 saturated carbocycles. The second kappa shape index (κ2) is 5.79. The van der Waals surface area contributed by atoms with E-state index < -0.39 is 10.0 Å². The SMILES string of the molecule is CCOc1ccc(S(=O)(=O)N2CCCC2)c(OC)c1. The quantitative estimate of drug-likeness (QED) is 0.829. The summed E-state index contributed by atoms with van der Waals surface area (Å²) in [7, 11) is -1.99. The highest BCUT2D eigenvalue weighted by Gasteiger charge is 2.29. The number of nitrogens with zero attached hydrogens (tertiary/aromatic N) is 1. The molecule has 0 aromatic heterocycles. The zero-order valence-electron chi connectivity index (χ0n) is 11.3. The van der Waals surface area contributed by atoms with Crippen molar-refractivity contribution in [2.45, 2.75) is 24.7 Å². The van der Waals surface area contributed by atoms with Crippen molar-refractivity contribution in [3.8, 4) is 11.5 Å². The zero-order chi connectivity index (χ0) is 13.9. The number of methoxy groups -OCH3 is 1. The number of ether oxygens (including phenoxy) is 2. The molecule has 0 aliphatic carbocycles. The van der Waals surface area contributed by atoms with E-state index in [0.717, 1.165) is 12.8 Å². The second-order valence-corrected chi connectivity index (χ2v) is 6.26. The van der Waals surface area contributed by atoms with Crippen LogP contribution in [-0.4, -0.2) is 39.5 Å². The summed E-state index contributed by atoms with van der Waals surface area (Å²) < 4.78 is 37.0. The Morgan fingerprint density at radius 1 is 1.26 bits per heavy atom. The first-order chi connectivity index (χ1) is 9.09. The largest absolute Gasteiger partial charge is 0.495 e. The van der Waals surface area contributed by atoms with Gasteiger partial charge >= 0.3 is 0 Å². The van der Waals surface area contributed by atoms with E-state index in [0.29, 0.717) is 31.2 Å². The van der Waals surface area contributed by atoms with E-state index in [2.05, 4.69) is 0 Å². The summed E-state index contributed by atoms with van der Waals surface area (Å²) in [6, 6.07) is 4.83. The van der Waals surface area contributed by atoms with Crippen molar-refractivity contribution in [1.82, 2.24) is 4.31 Å². The highest BCUT2D eigenvalue weighted by Crippen LogP contribution is 2.31. The minimum absolute atomic E-state index is 0.209. The van der Waals surface area contributed by atoms with Crippen molar-refractivity contribution < 1.29 is 17.9 Å². The van der Waals surface area contributed by atoms with E-state index in [1.54, 1.807) is 18.2 Å². The van der Waals surface area contributed by atoms with Gasteiger partial charge in [-0.15, -0.1) is 0 Å². The lowest BCUT2D eigenvalue weighted by atomic mass is 10.3. The molecule has 2 rings (SSSR count). The average molecular weight is 285 g/mol. The molecule has 1 aromatic rings. The maximum Gasteiger partial charge on any atom is 0.246 e. The molecule has 1 heterocycles. The van der Waals surface area contributed by atoms with Crippen LogP contribution in [0.4, 0.5) is 0 Å². The molecule has 0 radical (unpaired) electrons. The van der Waals surface area contributed by atoms with E-state index >= 15 is 0 Å². The fourth-order valence-electron chi connectivity index (χ4n) is 2.19. The molecule has 1 aliphatic heterocycles. The molecule has 0 unspecified atom stereocenters. The molecule has 0 atom stereocenters. The Balaban J connectivity index is 2.38. The number of rotatable bonds is 5. The Kier molecular flexibility index (Phi) is 4.31. The Morgan fingerprint density at radius 2 is 1.95 bits per heavy atom. The number of hydrogen-bond acceptors (Lipinski definition) is 4. The van der Waals surface area contributed by atoms with Gasteiger partial charge in [0.1, 0.15) is 16.4 Å². The van der Waals surface area contributed by atoms with Gasteiger partial charge in [0.05, 0.1) is 13.7 Å². The van der Waals surface area contributed by atoms with Gasteiger partial charge in [-0.25, -0.2) is 8.42 Å². The fraction of sp³-hybridized carbons (Fsp3) is 0.538. The van der Waals surface area contributed by atoms with Gasteiger partial charge in [0.15, 0.2) is 0 Å². The Morgan fingerprint density at radius 3 is 2.53 bits per heavy atom. The molecule has 0 amide bonds. The zero-order valence-corrected chi connectivity index (χ0v) is 12.1. The molecule has 1 aromatic carbocycles. The van der Waals surface area contributed by atoms with E-state index in [1.807, 2.05) is 6.92 Å². The second-order valence-electron chi connectivity index (χ2n) is 4.36. The van der Waals surface area contributed by atoms with Crippen molar-refractivity contribution in [2.24, 2.45) is 0 Å². The van der Waals surface area contributed by atoms with Gasteiger partial charge in [0.2, 0.25) is 10.0 Å². The van der Waals surface area contributed by atoms with Crippen LogP contribution < -0.4 is 9.47 Å². The van der Waals surface area contributed by atoms with Gasteiger partial charge in [0.25, 0.3) is 0 Å². The monoisotopic (exact) mass is 285 g/mol. The lowest BCUT2D eigenvalue weighted by molar-refractivity contribution is 0.334. The minimum Gasteiger partial charge on any atom is -0.495 e. The third kappa shape index (κ3) is 2.84. The van der Waals surface area contributed by atoms with E-state index in [9.17, 15) is 8.42 Å². The first-order valence-electron chi connectivity index (χ1n) is 6.40. The standard InChI is InChI=1S/C13H19NO4S/c1-3-18-11-6-7-13(12(10-11)17-2)19(15,16)14-8-4-5-9-14/h6-7,10H,3-5,8-9H2,1-2H3. The van der Waals surface area contributed by atoms with Crippen LogP contribution in [0.15, 0.2) is 23.1 Å². The van der Waals surface area contributed by atoms with Gasteiger partial charge in [0, 0.05) is 19.2 Å². The van der Waals surface area contributed by atoms with Crippen molar-refractivity contribution in [3.05, 3.63) is 18.2 Å². The summed E-state index contributed by atoms with van der Waals surface area (Å²) in [6.07, 6.45) is 1.83. The maximum absolute atomic E-state index is 12.5. The van der Waals surface area contributed by atoms with Crippen molar-refractivity contribution in [1.29, 1.82) is 0 Å². The molecule has 0 spiro atoms. The van der Waals surface area contributed by atoms with Crippen molar-refractivity contribution >= 4 is 10.0 Å². The molecule has 5 nitrogen and oxygen atoms in total. The summed E-state index contributed by atoms with van der Waals surface area (Å²) in [5, 5.41) is 0. The molecule has 1 fully saturated rings. The van der Waals surface area contributed by atoms with Gasteiger partial charge in [-0.2, -0.15) is 4.31 Å². The third-order valence-electron chi connectivity index (χ3n) is 3.13.